The number of hydrogen-bond acceptors (Lipinski definition) is 3. The summed E-state index contributed by atoms with van der Waals surface area (Å²) in [6, 6.07) is 11.1. The molecule has 0 aliphatic heterocycles. The van der Waals surface area contributed by atoms with Crippen molar-refractivity contribution in [3.05, 3.63) is 35.9 Å². The molecule has 0 saturated heterocycles. The molecular weight excluding hydrogens is 400 g/mol. The number of rotatable bonds is 6. The van der Waals surface area contributed by atoms with Crippen LogP contribution >= 0.6 is 11.8 Å². The maximum Gasteiger partial charge on any atom is 0.251 e. The second-order valence-corrected chi connectivity index (χ2v) is 12.8. The van der Waals surface area contributed by atoms with E-state index in [1.165, 1.54) is 44.1 Å². The first-order valence-electron chi connectivity index (χ1n) is 12.6. The van der Waals surface area contributed by atoms with Crippen LogP contribution in [0.1, 0.15) is 69.8 Å². The van der Waals surface area contributed by atoms with Gasteiger partial charge in [0.05, 0.1) is 5.41 Å². The first kappa shape index (κ1) is 20.5. The Hall–Kier alpha value is -1.13. The highest BCUT2D eigenvalue weighted by Gasteiger charge is 2.71. The van der Waals surface area contributed by atoms with Crippen LogP contribution in [0.25, 0.3) is 0 Å². The molecule has 0 aromatic heterocycles. The molecule has 3 nitrogen and oxygen atoms in total. The Morgan fingerprint density at radius 1 is 1.06 bits per heavy atom. The molecule has 6 fully saturated rings. The van der Waals surface area contributed by atoms with Gasteiger partial charge in [-0.3, -0.25) is 4.79 Å². The lowest BCUT2D eigenvalue weighted by molar-refractivity contribution is -0.129. The molecular formula is C27H36N2OS. The fraction of sp³-hybridized carbons (Fsp3) is 0.704. The summed E-state index contributed by atoms with van der Waals surface area (Å²) in [5, 5.41) is 1.55. The first-order valence-corrected chi connectivity index (χ1v) is 13.6. The van der Waals surface area contributed by atoms with Crippen LogP contribution in [0.2, 0.25) is 0 Å². The van der Waals surface area contributed by atoms with Crippen LogP contribution in [0.4, 0.5) is 0 Å². The number of benzene rings is 1. The van der Waals surface area contributed by atoms with Crippen molar-refractivity contribution in [2.24, 2.45) is 39.8 Å². The van der Waals surface area contributed by atoms with E-state index in [9.17, 15) is 4.79 Å². The average molecular weight is 437 g/mol. The first-order chi connectivity index (χ1) is 15.1. The van der Waals surface area contributed by atoms with Crippen molar-refractivity contribution >= 4 is 23.9 Å². The minimum Gasteiger partial charge on any atom is -0.330 e. The summed E-state index contributed by atoms with van der Waals surface area (Å²) in [6.45, 7) is 0.802. The maximum atomic E-state index is 13.8. The SMILES string of the molecule is NCC1CCC(C=NC(=O)C23CC4CC(c5ccccc5)(CC2C4SC2CC2)C3)CC1. The Morgan fingerprint density at radius 2 is 1.84 bits per heavy atom. The largest absolute Gasteiger partial charge is 0.330 e. The standard InChI is InChI=1S/C27H36N2OS/c28-15-18-6-8-19(9-7-18)16-29-25(30)27-13-20-12-26(17-27,21-4-2-1-3-5-21)14-23(27)24(20)31-22-10-11-22/h1-5,16,18-20,22-24H,6-15,17,28H2. The summed E-state index contributed by atoms with van der Waals surface area (Å²) in [5.74, 6) is 2.58. The zero-order valence-corrected chi connectivity index (χ0v) is 19.4. The highest BCUT2D eigenvalue weighted by Crippen LogP contribution is 2.73. The molecule has 6 aliphatic carbocycles. The van der Waals surface area contributed by atoms with Gasteiger partial charge < -0.3 is 5.73 Å². The zero-order chi connectivity index (χ0) is 21.1. The Kier molecular flexibility index (Phi) is 5.10. The quantitative estimate of drug-likeness (QED) is 0.610. The van der Waals surface area contributed by atoms with Gasteiger partial charge in [-0.05, 0) is 105 Å². The second-order valence-electron chi connectivity index (χ2n) is 11.4. The molecule has 1 aromatic carbocycles. The fourth-order valence-electron chi connectivity index (χ4n) is 7.79. The molecule has 4 bridgehead atoms. The van der Waals surface area contributed by atoms with Crippen LogP contribution in [0.3, 0.4) is 0 Å². The predicted molar refractivity (Wildman–Crippen MR) is 128 cm³/mol. The summed E-state index contributed by atoms with van der Waals surface area (Å²) >= 11 is 2.24. The van der Waals surface area contributed by atoms with E-state index in [1.54, 1.807) is 0 Å². The van der Waals surface area contributed by atoms with E-state index in [0.717, 1.165) is 37.5 Å². The van der Waals surface area contributed by atoms with E-state index >= 15 is 0 Å². The van der Waals surface area contributed by atoms with Gasteiger partial charge >= 0.3 is 0 Å². The van der Waals surface area contributed by atoms with Gasteiger partial charge in [0, 0.05) is 16.7 Å². The molecule has 7 rings (SSSR count). The van der Waals surface area contributed by atoms with Gasteiger partial charge in [0.1, 0.15) is 0 Å². The molecule has 5 atom stereocenters. The molecule has 1 amide bonds. The number of nitrogens with zero attached hydrogens (tertiary/aromatic N) is 1. The molecule has 6 saturated carbocycles. The molecule has 166 valence electrons. The third kappa shape index (κ3) is 3.44. The summed E-state index contributed by atoms with van der Waals surface area (Å²) in [5.41, 5.74) is 7.33. The van der Waals surface area contributed by atoms with E-state index in [4.69, 9.17) is 10.7 Å². The van der Waals surface area contributed by atoms with E-state index in [-0.39, 0.29) is 16.7 Å². The van der Waals surface area contributed by atoms with Crippen molar-refractivity contribution in [1.82, 2.24) is 0 Å². The summed E-state index contributed by atoms with van der Waals surface area (Å²) in [4.78, 5) is 18.5. The number of nitrogens with two attached hydrogens (primary N) is 1. The molecule has 0 heterocycles. The topological polar surface area (TPSA) is 55.4 Å². The Labute approximate surface area is 191 Å². The van der Waals surface area contributed by atoms with Crippen molar-refractivity contribution in [3.8, 4) is 0 Å². The highest BCUT2D eigenvalue weighted by atomic mass is 32.2. The third-order valence-corrected chi connectivity index (χ3v) is 11.3. The average Bonchev–Trinajstić information content (AvgIpc) is 3.56. The smallest absolute Gasteiger partial charge is 0.251 e. The number of carbonyl (C=O) groups is 1. The molecule has 0 spiro atoms. The van der Waals surface area contributed by atoms with Gasteiger partial charge in [-0.2, -0.15) is 11.8 Å². The molecule has 2 N–H and O–H groups in total. The number of amides is 1. The highest BCUT2D eigenvalue weighted by molar-refractivity contribution is 8.00. The number of hydrogen-bond donors (Lipinski definition) is 1. The van der Waals surface area contributed by atoms with Crippen molar-refractivity contribution in [1.29, 1.82) is 0 Å². The van der Waals surface area contributed by atoms with E-state index in [2.05, 4.69) is 42.1 Å². The zero-order valence-electron chi connectivity index (χ0n) is 18.5. The Bertz CT molecular complexity index is 859. The summed E-state index contributed by atoms with van der Waals surface area (Å²) in [7, 11) is 0. The minimum atomic E-state index is -0.198. The van der Waals surface area contributed by atoms with Gasteiger partial charge in [0.2, 0.25) is 0 Å². The molecule has 31 heavy (non-hydrogen) atoms. The van der Waals surface area contributed by atoms with E-state index in [0.29, 0.717) is 28.9 Å². The van der Waals surface area contributed by atoms with Crippen molar-refractivity contribution in [3.63, 3.8) is 0 Å². The van der Waals surface area contributed by atoms with Crippen LogP contribution in [0.15, 0.2) is 35.3 Å². The van der Waals surface area contributed by atoms with Crippen LogP contribution in [0, 0.1) is 29.1 Å². The third-order valence-electron chi connectivity index (χ3n) is 9.43. The normalized spacial score (nSPS) is 43.7. The van der Waals surface area contributed by atoms with Gasteiger partial charge in [0.15, 0.2) is 0 Å². The van der Waals surface area contributed by atoms with E-state index in [1.807, 2.05) is 6.21 Å². The van der Waals surface area contributed by atoms with E-state index < -0.39 is 0 Å². The molecule has 4 heteroatoms. The second kappa shape index (κ2) is 7.73. The summed E-state index contributed by atoms with van der Waals surface area (Å²) < 4.78 is 0. The van der Waals surface area contributed by atoms with Gasteiger partial charge in [-0.15, -0.1) is 0 Å². The van der Waals surface area contributed by atoms with Crippen LogP contribution in [-0.2, 0) is 10.2 Å². The lowest BCUT2D eigenvalue weighted by atomic mass is 9.63. The monoisotopic (exact) mass is 436 g/mol. The van der Waals surface area contributed by atoms with Crippen molar-refractivity contribution < 1.29 is 4.79 Å². The van der Waals surface area contributed by atoms with Gasteiger partial charge in [-0.25, -0.2) is 4.99 Å². The lowest BCUT2D eigenvalue weighted by Gasteiger charge is -2.42. The molecule has 5 unspecified atom stereocenters. The number of carbonyl (C=O) groups excluding carboxylic acids is 1. The van der Waals surface area contributed by atoms with Crippen LogP contribution < -0.4 is 5.73 Å². The fourth-order valence-corrected chi connectivity index (χ4v) is 9.61. The summed E-state index contributed by atoms with van der Waals surface area (Å²) in [6.07, 6.45) is 14.1. The Balaban J connectivity index is 1.25. The van der Waals surface area contributed by atoms with Crippen molar-refractivity contribution in [2.45, 2.75) is 80.1 Å². The maximum absolute atomic E-state index is 13.8. The Morgan fingerprint density at radius 3 is 2.55 bits per heavy atom. The number of thioether (sulfide) groups is 1. The molecule has 6 aliphatic rings. The minimum absolute atomic E-state index is 0.198. The van der Waals surface area contributed by atoms with Crippen LogP contribution in [-0.4, -0.2) is 29.2 Å². The lowest BCUT2D eigenvalue weighted by Crippen LogP contribution is -2.38. The van der Waals surface area contributed by atoms with Crippen LogP contribution in [0.5, 0.6) is 0 Å². The number of aliphatic imine (C=N–C) groups is 1. The van der Waals surface area contributed by atoms with Gasteiger partial charge in [-0.1, -0.05) is 30.3 Å². The van der Waals surface area contributed by atoms with Crippen molar-refractivity contribution in [2.75, 3.05) is 6.54 Å². The van der Waals surface area contributed by atoms with Gasteiger partial charge in [0.25, 0.3) is 5.91 Å². The molecule has 1 aromatic rings. The predicted octanol–water partition coefficient (Wildman–Crippen LogP) is 5.37. The molecule has 0 radical (unpaired) electrons.